The minimum Gasteiger partial charge on any atom is -0.476 e. The van der Waals surface area contributed by atoms with Crippen molar-refractivity contribution >= 4 is 9.84 Å². The molecule has 0 aliphatic rings. The molecular weight excluding hydrogens is 226 g/mol. The quantitative estimate of drug-likeness (QED) is 0.803. The third-order valence-corrected chi connectivity index (χ3v) is 3.17. The molecule has 1 rings (SSSR count). The molecule has 86 valence electrons. The van der Waals surface area contributed by atoms with E-state index < -0.39 is 15.9 Å². The van der Waals surface area contributed by atoms with E-state index in [-0.39, 0.29) is 4.90 Å². The molecule has 0 N–H and O–H groups in total. The van der Waals surface area contributed by atoms with Gasteiger partial charge in [0.2, 0.25) is 0 Å². The van der Waals surface area contributed by atoms with Crippen LogP contribution in [0.15, 0.2) is 29.2 Å². The first kappa shape index (κ1) is 12.5. The Morgan fingerprint density at radius 1 is 1.38 bits per heavy atom. The van der Waals surface area contributed by atoms with Gasteiger partial charge in [-0.3, -0.25) is 0 Å². The van der Waals surface area contributed by atoms with Gasteiger partial charge < -0.3 is 4.74 Å². The van der Waals surface area contributed by atoms with E-state index in [2.05, 4.69) is 0 Å². The van der Waals surface area contributed by atoms with Crippen LogP contribution in [0, 0.1) is 11.3 Å². The maximum atomic E-state index is 11.2. The van der Waals surface area contributed by atoms with Crippen molar-refractivity contribution in [2.75, 3.05) is 6.26 Å². The van der Waals surface area contributed by atoms with Crippen LogP contribution in [-0.2, 0) is 9.84 Å². The van der Waals surface area contributed by atoms with Gasteiger partial charge in [0, 0.05) is 6.26 Å². The van der Waals surface area contributed by atoms with Crippen LogP contribution < -0.4 is 4.74 Å². The third kappa shape index (κ3) is 3.24. The van der Waals surface area contributed by atoms with Gasteiger partial charge in [-0.25, -0.2) is 8.42 Å². The van der Waals surface area contributed by atoms with Crippen LogP contribution in [0.25, 0.3) is 0 Å². The second kappa shape index (κ2) is 4.99. The number of sulfone groups is 1. The van der Waals surface area contributed by atoms with Crippen molar-refractivity contribution in [1.29, 1.82) is 5.26 Å². The van der Waals surface area contributed by atoms with E-state index in [4.69, 9.17) is 10.00 Å². The van der Waals surface area contributed by atoms with Crippen molar-refractivity contribution in [3.05, 3.63) is 24.3 Å². The average Bonchev–Trinajstić information content (AvgIpc) is 2.25. The minimum atomic E-state index is -3.18. The lowest BCUT2D eigenvalue weighted by atomic mass is 10.3. The molecule has 1 aromatic rings. The van der Waals surface area contributed by atoms with Gasteiger partial charge in [0.05, 0.1) is 4.90 Å². The van der Waals surface area contributed by atoms with Gasteiger partial charge in [0.15, 0.2) is 15.9 Å². The van der Waals surface area contributed by atoms with Crippen molar-refractivity contribution in [2.45, 2.75) is 24.3 Å². The molecule has 1 unspecified atom stereocenters. The first-order chi connectivity index (χ1) is 7.47. The molecule has 0 heterocycles. The molecule has 5 heteroatoms. The Kier molecular flexibility index (Phi) is 3.91. The lowest BCUT2D eigenvalue weighted by Crippen LogP contribution is -2.12. The van der Waals surface area contributed by atoms with Crippen LogP contribution in [0.1, 0.15) is 13.3 Å². The maximum absolute atomic E-state index is 11.2. The van der Waals surface area contributed by atoms with Gasteiger partial charge in [-0.05, 0) is 30.7 Å². The third-order valence-electron chi connectivity index (χ3n) is 2.05. The topological polar surface area (TPSA) is 67.2 Å². The zero-order valence-corrected chi connectivity index (χ0v) is 9.99. The number of ether oxygens (including phenoxy) is 1. The molecule has 4 nitrogen and oxygen atoms in total. The van der Waals surface area contributed by atoms with Crippen LogP contribution in [0.3, 0.4) is 0 Å². The minimum absolute atomic E-state index is 0.241. The predicted octanol–water partition coefficient (Wildman–Crippen LogP) is 1.77. The largest absolute Gasteiger partial charge is 0.476 e. The summed E-state index contributed by atoms with van der Waals surface area (Å²) < 4.78 is 27.7. The molecule has 0 radical (unpaired) electrons. The molecule has 0 saturated heterocycles. The fraction of sp³-hybridized carbons (Fsp3) is 0.364. The lowest BCUT2D eigenvalue weighted by Gasteiger charge is -2.10. The molecule has 16 heavy (non-hydrogen) atoms. The van der Waals surface area contributed by atoms with Crippen LogP contribution in [0.4, 0.5) is 0 Å². The van der Waals surface area contributed by atoms with E-state index in [0.717, 1.165) is 6.26 Å². The average molecular weight is 239 g/mol. The fourth-order valence-electron chi connectivity index (χ4n) is 1.13. The smallest absolute Gasteiger partial charge is 0.184 e. The molecular formula is C11H13NO3S. The molecule has 0 aliphatic carbocycles. The molecule has 0 saturated carbocycles. The monoisotopic (exact) mass is 239 g/mol. The summed E-state index contributed by atoms with van der Waals surface area (Å²) in [5.41, 5.74) is 0. The van der Waals surface area contributed by atoms with E-state index in [0.29, 0.717) is 12.2 Å². The molecule has 1 aromatic carbocycles. The standard InChI is InChI=1S/C11H13NO3S/c1-3-9(8-12)15-10-4-6-11(7-5-10)16(2,13)14/h4-7,9H,3H2,1-2H3. The fourth-order valence-corrected chi connectivity index (χ4v) is 1.76. The number of benzene rings is 1. The van der Waals surface area contributed by atoms with Gasteiger partial charge in [-0.1, -0.05) is 6.92 Å². The van der Waals surface area contributed by atoms with Gasteiger partial charge in [0.1, 0.15) is 11.8 Å². The number of nitriles is 1. The number of nitrogens with zero attached hydrogens (tertiary/aromatic N) is 1. The van der Waals surface area contributed by atoms with Crippen molar-refractivity contribution in [3.8, 4) is 11.8 Å². The highest BCUT2D eigenvalue weighted by Gasteiger charge is 2.09. The maximum Gasteiger partial charge on any atom is 0.184 e. The molecule has 0 bridgehead atoms. The Balaban J connectivity index is 2.85. The molecule has 0 aromatic heterocycles. The molecule has 0 spiro atoms. The second-order valence-corrected chi connectivity index (χ2v) is 5.40. The first-order valence-electron chi connectivity index (χ1n) is 4.83. The zero-order chi connectivity index (χ0) is 12.2. The number of hydrogen-bond acceptors (Lipinski definition) is 4. The van der Waals surface area contributed by atoms with E-state index in [9.17, 15) is 8.42 Å². The Bertz CT molecular complexity index is 485. The molecule has 1 atom stereocenters. The molecule has 0 aliphatic heterocycles. The van der Waals surface area contributed by atoms with Crippen molar-refractivity contribution < 1.29 is 13.2 Å². The zero-order valence-electron chi connectivity index (χ0n) is 9.17. The SMILES string of the molecule is CCC(C#N)Oc1ccc(S(C)(=O)=O)cc1. The van der Waals surface area contributed by atoms with E-state index in [1.54, 1.807) is 12.1 Å². The van der Waals surface area contributed by atoms with Gasteiger partial charge >= 0.3 is 0 Å². The van der Waals surface area contributed by atoms with E-state index in [1.807, 2.05) is 13.0 Å². The second-order valence-electron chi connectivity index (χ2n) is 3.39. The summed E-state index contributed by atoms with van der Waals surface area (Å²) in [6.07, 6.45) is 1.24. The highest BCUT2D eigenvalue weighted by atomic mass is 32.2. The summed E-state index contributed by atoms with van der Waals surface area (Å²) in [6, 6.07) is 8.04. The first-order valence-corrected chi connectivity index (χ1v) is 6.73. The highest BCUT2D eigenvalue weighted by Crippen LogP contribution is 2.17. The van der Waals surface area contributed by atoms with Crippen molar-refractivity contribution in [2.24, 2.45) is 0 Å². The van der Waals surface area contributed by atoms with Crippen LogP contribution in [0.5, 0.6) is 5.75 Å². The summed E-state index contributed by atoms with van der Waals surface area (Å²) >= 11 is 0. The summed E-state index contributed by atoms with van der Waals surface area (Å²) in [4.78, 5) is 0.241. The van der Waals surface area contributed by atoms with Gasteiger partial charge in [-0.15, -0.1) is 0 Å². The Morgan fingerprint density at radius 2 is 1.94 bits per heavy atom. The Hall–Kier alpha value is -1.54. The van der Waals surface area contributed by atoms with E-state index >= 15 is 0 Å². The normalized spacial score (nSPS) is 12.8. The highest BCUT2D eigenvalue weighted by molar-refractivity contribution is 7.90. The lowest BCUT2D eigenvalue weighted by molar-refractivity contribution is 0.252. The van der Waals surface area contributed by atoms with Crippen LogP contribution in [-0.4, -0.2) is 20.8 Å². The summed E-state index contributed by atoms with van der Waals surface area (Å²) in [5.74, 6) is 0.501. The van der Waals surface area contributed by atoms with Crippen LogP contribution >= 0.6 is 0 Å². The van der Waals surface area contributed by atoms with Crippen molar-refractivity contribution in [1.82, 2.24) is 0 Å². The summed E-state index contributed by atoms with van der Waals surface area (Å²) in [5, 5.41) is 8.70. The predicted molar refractivity (Wildman–Crippen MR) is 59.9 cm³/mol. The molecule has 0 fully saturated rings. The molecule has 0 amide bonds. The number of hydrogen-bond donors (Lipinski definition) is 0. The Labute approximate surface area is 95.4 Å². The number of rotatable bonds is 4. The summed E-state index contributed by atoms with van der Waals surface area (Å²) in [7, 11) is -3.18. The summed E-state index contributed by atoms with van der Waals surface area (Å²) in [6.45, 7) is 1.85. The van der Waals surface area contributed by atoms with Gasteiger partial charge in [0.25, 0.3) is 0 Å². The van der Waals surface area contributed by atoms with E-state index in [1.165, 1.54) is 12.1 Å². The van der Waals surface area contributed by atoms with Crippen molar-refractivity contribution in [3.63, 3.8) is 0 Å². The van der Waals surface area contributed by atoms with Gasteiger partial charge in [-0.2, -0.15) is 5.26 Å². The Morgan fingerprint density at radius 3 is 2.31 bits per heavy atom. The van der Waals surface area contributed by atoms with Crippen LogP contribution in [0.2, 0.25) is 0 Å².